The summed E-state index contributed by atoms with van der Waals surface area (Å²) < 4.78 is 0. The topological polar surface area (TPSA) is 27.6 Å². The normalized spacial score (nSPS) is 18.5. The Morgan fingerprint density at radius 3 is 2.67 bits per heavy atom. The Balaban J connectivity index is 2.64. The van der Waals surface area contributed by atoms with Crippen LogP contribution in [-0.4, -0.2) is 37.3 Å². The SMILES string of the molecule is C=C(C)N=C/C(=C\CC)N1CCNCC1. The van der Waals surface area contributed by atoms with Crippen LogP contribution in [0, 0.1) is 0 Å². The average Bonchev–Trinajstić information content (AvgIpc) is 2.25. The molecule has 0 saturated carbocycles. The van der Waals surface area contributed by atoms with Gasteiger partial charge in [0, 0.05) is 31.9 Å². The number of allylic oxidation sites excluding steroid dienone is 3. The molecule has 0 bridgehead atoms. The van der Waals surface area contributed by atoms with Gasteiger partial charge in [-0.05, 0) is 13.3 Å². The van der Waals surface area contributed by atoms with Gasteiger partial charge < -0.3 is 10.2 Å². The predicted octanol–water partition coefficient (Wildman–Crippen LogP) is 1.79. The molecule has 1 saturated heterocycles. The van der Waals surface area contributed by atoms with Gasteiger partial charge in [-0.2, -0.15) is 0 Å². The van der Waals surface area contributed by atoms with Gasteiger partial charge in [-0.25, -0.2) is 0 Å². The summed E-state index contributed by atoms with van der Waals surface area (Å²) in [6, 6.07) is 0. The first-order valence-electron chi connectivity index (χ1n) is 5.59. The van der Waals surface area contributed by atoms with Gasteiger partial charge >= 0.3 is 0 Å². The van der Waals surface area contributed by atoms with Crippen LogP contribution in [0.25, 0.3) is 0 Å². The highest BCUT2D eigenvalue weighted by Gasteiger charge is 2.10. The third-order valence-electron chi connectivity index (χ3n) is 2.31. The van der Waals surface area contributed by atoms with Crippen LogP contribution in [0.4, 0.5) is 0 Å². The van der Waals surface area contributed by atoms with Crippen molar-refractivity contribution in [3.63, 3.8) is 0 Å². The lowest BCUT2D eigenvalue weighted by molar-refractivity contribution is 0.312. The second-order valence-corrected chi connectivity index (χ2v) is 3.77. The van der Waals surface area contributed by atoms with Crippen LogP contribution in [0.5, 0.6) is 0 Å². The van der Waals surface area contributed by atoms with Crippen molar-refractivity contribution in [1.29, 1.82) is 0 Å². The van der Waals surface area contributed by atoms with Gasteiger partial charge in [-0.15, -0.1) is 0 Å². The van der Waals surface area contributed by atoms with Crippen LogP contribution in [0.3, 0.4) is 0 Å². The molecule has 1 aliphatic heterocycles. The zero-order valence-corrected chi connectivity index (χ0v) is 9.79. The van der Waals surface area contributed by atoms with E-state index in [1.807, 2.05) is 13.1 Å². The van der Waals surface area contributed by atoms with Crippen LogP contribution in [0.2, 0.25) is 0 Å². The first kappa shape index (κ1) is 12.0. The van der Waals surface area contributed by atoms with Crippen molar-refractivity contribution in [2.75, 3.05) is 26.2 Å². The standard InChI is InChI=1S/C12H21N3/c1-4-5-12(10-14-11(2)3)15-8-6-13-7-9-15/h5,10,13H,2,4,6-9H2,1,3H3/b12-5+,14-10?. The van der Waals surface area contributed by atoms with Crippen LogP contribution in [0.15, 0.2) is 29.0 Å². The van der Waals surface area contributed by atoms with Crippen LogP contribution >= 0.6 is 0 Å². The molecule has 1 fully saturated rings. The molecule has 84 valence electrons. The van der Waals surface area contributed by atoms with Crippen molar-refractivity contribution in [3.05, 3.63) is 24.0 Å². The minimum atomic E-state index is 0.854. The molecule has 0 aliphatic carbocycles. The number of hydrogen-bond acceptors (Lipinski definition) is 3. The Kier molecular flexibility index (Phi) is 5.12. The van der Waals surface area contributed by atoms with Crippen molar-refractivity contribution in [2.45, 2.75) is 20.3 Å². The molecule has 0 unspecified atom stereocenters. The van der Waals surface area contributed by atoms with E-state index in [0.29, 0.717) is 0 Å². The fraction of sp³-hybridized carbons (Fsp3) is 0.583. The zero-order chi connectivity index (χ0) is 11.1. The van der Waals surface area contributed by atoms with Gasteiger partial charge in [0.15, 0.2) is 0 Å². The van der Waals surface area contributed by atoms with Crippen LogP contribution < -0.4 is 5.32 Å². The molecule has 3 heteroatoms. The molecule has 0 aromatic rings. The smallest absolute Gasteiger partial charge is 0.0512 e. The van der Waals surface area contributed by atoms with Crippen molar-refractivity contribution >= 4 is 6.21 Å². The molecule has 0 aromatic carbocycles. The summed E-state index contributed by atoms with van der Waals surface area (Å²) in [4.78, 5) is 6.64. The molecular weight excluding hydrogens is 186 g/mol. The number of nitrogens with zero attached hydrogens (tertiary/aromatic N) is 2. The number of rotatable bonds is 4. The molecule has 1 rings (SSSR count). The fourth-order valence-electron chi connectivity index (χ4n) is 1.57. The Labute approximate surface area is 92.6 Å². The number of aliphatic imine (C=N–C) groups is 1. The lowest BCUT2D eigenvalue weighted by Gasteiger charge is -2.30. The van der Waals surface area contributed by atoms with Crippen LogP contribution in [-0.2, 0) is 0 Å². The predicted molar refractivity (Wildman–Crippen MR) is 66.1 cm³/mol. The number of nitrogens with one attached hydrogen (secondary N) is 1. The molecular formula is C12H21N3. The molecule has 0 atom stereocenters. The van der Waals surface area contributed by atoms with Crippen molar-refractivity contribution < 1.29 is 0 Å². The molecule has 0 aromatic heterocycles. The average molecular weight is 207 g/mol. The maximum atomic E-state index is 4.27. The van der Waals surface area contributed by atoms with E-state index in [9.17, 15) is 0 Å². The molecule has 1 aliphatic rings. The summed E-state index contributed by atoms with van der Waals surface area (Å²) in [5.74, 6) is 0. The molecule has 1 heterocycles. The van der Waals surface area contributed by atoms with Gasteiger partial charge in [0.1, 0.15) is 0 Å². The highest BCUT2D eigenvalue weighted by atomic mass is 15.2. The summed E-state index contributed by atoms with van der Waals surface area (Å²) in [7, 11) is 0. The third-order valence-corrected chi connectivity index (χ3v) is 2.31. The minimum absolute atomic E-state index is 0.854. The molecule has 0 amide bonds. The minimum Gasteiger partial charge on any atom is -0.368 e. The summed E-state index contributed by atoms with van der Waals surface area (Å²) in [6.45, 7) is 12.1. The van der Waals surface area contributed by atoms with Gasteiger partial charge in [0.25, 0.3) is 0 Å². The van der Waals surface area contributed by atoms with Crippen molar-refractivity contribution in [1.82, 2.24) is 10.2 Å². The fourth-order valence-corrected chi connectivity index (χ4v) is 1.57. The lowest BCUT2D eigenvalue weighted by Crippen LogP contribution is -2.43. The van der Waals surface area contributed by atoms with E-state index in [4.69, 9.17) is 0 Å². The van der Waals surface area contributed by atoms with Gasteiger partial charge in [0.2, 0.25) is 0 Å². The molecule has 3 nitrogen and oxygen atoms in total. The molecule has 0 spiro atoms. The Morgan fingerprint density at radius 2 is 2.13 bits per heavy atom. The first-order valence-corrected chi connectivity index (χ1v) is 5.59. The highest BCUT2D eigenvalue weighted by molar-refractivity contribution is 5.78. The Bertz CT molecular complexity index is 260. The van der Waals surface area contributed by atoms with Crippen molar-refractivity contribution in [3.8, 4) is 0 Å². The zero-order valence-electron chi connectivity index (χ0n) is 9.79. The Hall–Kier alpha value is -1.09. The second-order valence-electron chi connectivity index (χ2n) is 3.77. The first-order chi connectivity index (χ1) is 7.24. The second kappa shape index (κ2) is 6.40. The number of piperazine rings is 1. The van der Waals surface area contributed by atoms with E-state index in [1.165, 1.54) is 5.70 Å². The van der Waals surface area contributed by atoms with Gasteiger partial charge in [0.05, 0.1) is 11.9 Å². The molecule has 15 heavy (non-hydrogen) atoms. The highest BCUT2D eigenvalue weighted by Crippen LogP contribution is 2.05. The van der Waals surface area contributed by atoms with E-state index in [1.54, 1.807) is 0 Å². The summed E-state index contributed by atoms with van der Waals surface area (Å²) in [5.41, 5.74) is 2.08. The maximum absolute atomic E-state index is 4.27. The van der Waals surface area contributed by atoms with Crippen LogP contribution in [0.1, 0.15) is 20.3 Å². The monoisotopic (exact) mass is 207 g/mol. The third kappa shape index (κ3) is 4.30. The lowest BCUT2D eigenvalue weighted by atomic mass is 10.2. The van der Waals surface area contributed by atoms with Gasteiger partial charge in [-0.3, -0.25) is 4.99 Å². The summed E-state index contributed by atoms with van der Waals surface area (Å²) in [5, 5.41) is 3.35. The van der Waals surface area contributed by atoms with E-state index in [0.717, 1.165) is 38.3 Å². The van der Waals surface area contributed by atoms with E-state index in [-0.39, 0.29) is 0 Å². The van der Waals surface area contributed by atoms with Crippen molar-refractivity contribution in [2.24, 2.45) is 4.99 Å². The van der Waals surface area contributed by atoms with Gasteiger partial charge in [-0.1, -0.05) is 19.6 Å². The molecule has 0 radical (unpaired) electrons. The largest absolute Gasteiger partial charge is 0.368 e. The van der Waals surface area contributed by atoms with E-state index >= 15 is 0 Å². The maximum Gasteiger partial charge on any atom is 0.0512 e. The Morgan fingerprint density at radius 1 is 1.47 bits per heavy atom. The quantitative estimate of drug-likeness (QED) is 0.712. The molecule has 1 N–H and O–H groups in total. The number of hydrogen-bond donors (Lipinski definition) is 1. The van der Waals surface area contributed by atoms with E-state index < -0.39 is 0 Å². The van der Waals surface area contributed by atoms with E-state index in [2.05, 4.69) is 34.8 Å². The summed E-state index contributed by atoms with van der Waals surface area (Å²) >= 11 is 0. The summed E-state index contributed by atoms with van der Waals surface area (Å²) in [6.07, 6.45) is 5.19.